The fourth-order valence-corrected chi connectivity index (χ4v) is 0. The normalized spacial score (nSPS) is 8.00. The summed E-state index contributed by atoms with van der Waals surface area (Å²) in [6.07, 6.45) is 0. The molecule has 0 aliphatic carbocycles. The summed E-state index contributed by atoms with van der Waals surface area (Å²) in [5.74, 6) is 2.28. The van der Waals surface area contributed by atoms with Crippen LogP contribution in [0.2, 0.25) is 0 Å². The molecule has 0 fully saturated rings. The standard InChI is InChI=1S/C6H13.C2H5.Mg/c1-5(2)6(3)4;1-2;/h5H,1-4H3;1H2,2H3;/q2*-1;+2. The van der Waals surface area contributed by atoms with E-state index in [1.165, 1.54) is 5.92 Å². The minimum Gasteiger partial charge on any atom is -0.346 e. The number of hydrogen-bond acceptors (Lipinski definition) is 0. The van der Waals surface area contributed by atoms with Crippen LogP contribution in [0.3, 0.4) is 0 Å². The Bertz CT molecular complexity index is 25.5. The van der Waals surface area contributed by atoms with Gasteiger partial charge in [-0.05, 0) is 0 Å². The van der Waals surface area contributed by atoms with E-state index in [4.69, 9.17) is 0 Å². The molecule has 9 heavy (non-hydrogen) atoms. The summed E-state index contributed by atoms with van der Waals surface area (Å²) >= 11 is 0. The quantitative estimate of drug-likeness (QED) is 0.386. The molecule has 0 nitrogen and oxygen atoms in total. The first-order chi connectivity index (χ1) is 3.64. The molecule has 0 aromatic rings. The zero-order valence-electron chi connectivity index (χ0n) is 7.49. The Balaban J connectivity index is -0.000000109. The van der Waals surface area contributed by atoms with Crippen LogP contribution in [-0.4, -0.2) is 23.1 Å². The zero-order chi connectivity index (χ0) is 7.15. The van der Waals surface area contributed by atoms with Gasteiger partial charge in [-0.15, -0.1) is 0 Å². The molecule has 0 bridgehead atoms. The molecule has 0 saturated carbocycles. The van der Waals surface area contributed by atoms with Crippen molar-refractivity contribution in [3.05, 3.63) is 12.8 Å². The second kappa shape index (κ2) is 11.5. The maximum atomic E-state index is 3.25. The van der Waals surface area contributed by atoms with E-state index < -0.39 is 0 Å². The van der Waals surface area contributed by atoms with Gasteiger partial charge in [-0.25, -0.2) is 0 Å². The van der Waals surface area contributed by atoms with Crippen LogP contribution in [0.15, 0.2) is 0 Å². The van der Waals surface area contributed by atoms with Gasteiger partial charge < -0.3 is 12.8 Å². The van der Waals surface area contributed by atoms with Gasteiger partial charge in [0.15, 0.2) is 0 Å². The monoisotopic (exact) mass is 138 g/mol. The molecule has 52 valence electrons. The predicted octanol–water partition coefficient (Wildman–Crippen LogP) is 2.72. The molecule has 0 heterocycles. The van der Waals surface area contributed by atoms with Crippen LogP contribution in [0.1, 0.15) is 34.6 Å². The van der Waals surface area contributed by atoms with Gasteiger partial charge in [-0.3, -0.25) is 0 Å². The second-order valence-electron chi connectivity index (χ2n) is 2.23. The second-order valence-corrected chi connectivity index (χ2v) is 2.23. The summed E-state index contributed by atoms with van der Waals surface area (Å²) in [6, 6.07) is 0. The van der Waals surface area contributed by atoms with E-state index in [0.29, 0.717) is 0 Å². The van der Waals surface area contributed by atoms with Gasteiger partial charge in [0, 0.05) is 0 Å². The molecule has 0 aromatic carbocycles. The van der Waals surface area contributed by atoms with Crippen molar-refractivity contribution >= 4 is 23.1 Å². The van der Waals surface area contributed by atoms with Gasteiger partial charge in [-0.1, -0.05) is 13.8 Å². The molecule has 0 aliphatic rings. The van der Waals surface area contributed by atoms with Crippen LogP contribution < -0.4 is 0 Å². The average molecular weight is 139 g/mol. The third kappa shape index (κ3) is 17.7. The summed E-state index contributed by atoms with van der Waals surface area (Å²) < 4.78 is 0. The Morgan fingerprint density at radius 3 is 1.22 bits per heavy atom. The van der Waals surface area contributed by atoms with Gasteiger partial charge >= 0.3 is 23.1 Å². The Morgan fingerprint density at radius 1 is 1.11 bits per heavy atom. The summed E-state index contributed by atoms with van der Waals surface area (Å²) in [6.45, 7) is 13.7. The van der Waals surface area contributed by atoms with E-state index in [9.17, 15) is 0 Å². The molecule has 0 rings (SSSR count). The Labute approximate surface area is 76.6 Å². The number of rotatable bonds is 1. The molecular weight excluding hydrogens is 120 g/mol. The molecule has 0 atom stereocenters. The van der Waals surface area contributed by atoms with Gasteiger partial charge in [0.25, 0.3) is 0 Å². The molecule has 0 radical (unpaired) electrons. The maximum absolute atomic E-state index is 3.25. The van der Waals surface area contributed by atoms with Crippen LogP contribution in [0, 0.1) is 18.8 Å². The van der Waals surface area contributed by atoms with Crippen molar-refractivity contribution in [2.75, 3.05) is 0 Å². The van der Waals surface area contributed by atoms with Crippen LogP contribution >= 0.6 is 0 Å². The van der Waals surface area contributed by atoms with Crippen molar-refractivity contribution in [3.8, 4) is 0 Å². The molecule has 0 N–H and O–H groups in total. The van der Waals surface area contributed by atoms with E-state index in [1.807, 2.05) is 0 Å². The summed E-state index contributed by atoms with van der Waals surface area (Å²) in [5.41, 5.74) is 0. The largest absolute Gasteiger partial charge is 2.00 e. The molecule has 0 aliphatic heterocycles. The van der Waals surface area contributed by atoms with Crippen molar-refractivity contribution in [2.45, 2.75) is 34.6 Å². The van der Waals surface area contributed by atoms with Gasteiger partial charge in [0.2, 0.25) is 0 Å². The average Bonchev–Trinajstić information content (AvgIpc) is 1.72. The van der Waals surface area contributed by atoms with Crippen molar-refractivity contribution in [1.82, 2.24) is 0 Å². The first-order valence-electron chi connectivity index (χ1n) is 3.15. The minimum absolute atomic E-state index is 0. The number of hydrogen-bond donors (Lipinski definition) is 0. The van der Waals surface area contributed by atoms with E-state index in [2.05, 4.69) is 34.6 Å². The fourth-order valence-electron chi connectivity index (χ4n) is 0. The molecule has 1 heteroatoms. The summed E-state index contributed by atoms with van der Waals surface area (Å²) in [4.78, 5) is 0. The third-order valence-corrected chi connectivity index (χ3v) is 1.15. The zero-order valence-corrected chi connectivity index (χ0v) is 8.91. The maximum Gasteiger partial charge on any atom is 2.00 e. The topological polar surface area (TPSA) is 0 Å². The third-order valence-electron chi connectivity index (χ3n) is 1.15. The molecule has 0 amide bonds. The SMILES string of the molecule is C[C-](C)C(C)C.[CH2-]C.[Mg+2]. The molecular formula is C8H18Mg. The van der Waals surface area contributed by atoms with Gasteiger partial charge in [0.1, 0.15) is 0 Å². The van der Waals surface area contributed by atoms with E-state index in [1.54, 1.807) is 6.92 Å². The molecule has 0 spiro atoms. The Hall–Kier alpha value is 0.766. The summed E-state index contributed by atoms with van der Waals surface area (Å²) in [5, 5.41) is 0. The minimum atomic E-state index is 0. The molecule has 0 aromatic heterocycles. The van der Waals surface area contributed by atoms with Crippen molar-refractivity contribution in [2.24, 2.45) is 5.92 Å². The van der Waals surface area contributed by atoms with Crippen molar-refractivity contribution < 1.29 is 0 Å². The van der Waals surface area contributed by atoms with Gasteiger partial charge in [-0.2, -0.15) is 26.7 Å². The van der Waals surface area contributed by atoms with Crippen molar-refractivity contribution in [1.29, 1.82) is 0 Å². The van der Waals surface area contributed by atoms with E-state index >= 15 is 0 Å². The fraction of sp³-hybridized carbons (Fsp3) is 0.750. The van der Waals surface area contributed by atoms with Crippen LogP contribution in [0.5, 0.6) is 0 Å². The van der Waals surface area contributed by atoms with Gasteiger partial charge in [0.05, 0.1) is 0 Å². The van der Waals surface area contributed by atoms with E-state index in [-0.39, 0.29) is 23.1 Å². The first-order valence-corrected chi connectivity index (χ1v) is 3.15. The predicted molar refractivity (Wildman–Crippen MR) is 46.2 cm³/mol. The van der Waals surface area contributed by atoms with Crippen LogP contribution in [-0.2, 0) is 0 Å². The Morgan fingerprint density at radius 2 is 1.22 bits per heavy atom. The summed E-state index contributed by atoms with van der Waals surface area (Å²) in [7, 11) is 0. The molecule has 0 unspecified atom stereocenters. The van der Waals surface area contributed by atoms with Crippen LogP contribution in [0.25, 0.3) is 0 Å². The Kier molecular flexibility index (Phi) is 21.0. The van der Waals surface area contributed by atoms with Crippen molar-refractivity contribution in [3.63, 3.8) is 0 Å². The first kappa shape index (κ1) is 16.4. The molecule has 0 saturated heterocycles. The van der Waals surface area contributed by atoms with Crippen LogP contribution in [0.4, 0.5) is 0 Å². The van der Waals surface area contributed by atoms with E-state index in [0.717, 1.165) is 5.92 Å². The smallest absolute Gasteiger partial charge is 0.346 e.